The van der Waals surface area contributed by atoms with E-state index in [1.165, 1.54) is 0 Å². The van der Waals surface area contributed by atoms with Crippen molar-refractivity contribution in [3.8, 4) is 0 Å². The number of likely N-dealkylation sites (tertiary alicyclic amines) is 1. The largest absolute Gasteiger partial charge is 0.393 e. The highest BCUT2D eigenvalue weighted by Gasteiger charge is 2.21. The summed E-state index contributed by atoms with van der Waals surface area (Å²) in [7, 11) is 0. The van der Waals surface area contributed by atoms with Crippen LogP contribution in [0.3, 0.4) is 0 Å². The van der Waals surface area contributed by atoms with Crippen molar-refractivity contribution in [3.05, 3.63) is 34.3 Å². The van der Waals surface area contributed by atoms with Gasteiger partial charge in [0.05, 0.1) is 12.5 Å². The minimum absolute atomic E-state index is 0.142. The van der Waals surface area contributed by atoms with E-state index in [0.717, 1.165) is 10.0 Å². The van der Waals surface area contributed by atoms with Gasteiger partial charge >= 0.3 is 0 Å². The summed E-state index contributed by atoms with van der Waals surface area (Å²) in [6, 6.07) is 7.78. The summed E-state index contributed by atoms with van der Waals surface area (Å²) in [6.45, 7) is 1.34. The Labute approximate surface area is 110 Å². The summed E-state index contributed by atoms with van der Waals surface area (Å²) >= 11 is 3.45. The molecule has 1 aliphatic rings. The predicted molar refractivity (Wildman–Crippen MR) is 69.7 cm³/mol. The van der Waals surface area contributed by atoms with Crippen molar-refractivity contribution < 1.29 is 9.90 Å². The zero-order valence-electron chi connectivity index (χ0n) is 9.60. The van der Waals surface area contributed by atoms with Crippen LogP contribution < -0.4 is 0 Å². The summed E-state index contributed by atoms with van der Waals surface area (Å²) in [5.74, 6) is 0.142. The van der Waals surface area contributed by atoms with E-state index >= 15 is 0 Å². The average Bonchev–Trinajstić information content (AvgIpc) is 2.33. The number of halogens is 1. The number of aliphatic hydroxyl groups is 1. The Hall–Kier alpha value is -0.870. The fourth-order valence-corrected chi connectivity index (χ4v) is 2.46. The number of amides is 1. The molecule has 0 radical (unpaired) electrons. The van der Waals surface area contributed by atoms with Crippen molar-refractivity contribution in [1.29, 1.82) is 0 Å². The summed E-state index contributed by atoms with van der Waals surface area (Å²) in [5.41, 5.74) is 1.02. The zero-order valence-corrected chi connectivity index (χ0v) is 11.2. The molecule has 0 unspecified atom stereocenters. The molecule has 0 atom stereocenters. The van der Waals surface area contributed by atoms with Crippen LogP contribution in [0.25, 0.3) is 0 Å². The lowest BCUT2D eigenvalue weighted by Crippen LogP contribution is -2.40. The van der Waals surface area contributed by atoms with Crippen LogP contribution in [-0.2, 0) is 11.2 Å². The molecule has 3 nitrogen and oxygen atoms in total. The van der Waals surface area contributed by atoms with E-state index in [1.54, 1.807) is 0 Å². The molecule has 0 saturated carbocycles. The van der Waals surface area contributed by atoms with E-state index in [0.29, 0.717) is 32.4 Å². The van der Waals surface area contributed by atoms with Crippen LogP contribution in [0.2, 0.25) is 0 Å². The van der Waals surface area contributed by atoms with E-state index in [9.17, 15) is 9.90 Å². The van der Waals surface area contributed by atoms with Crippen molar-refractivity contribution in [2.75, 3.05) is 13.1 Å². The van der Waals surface area contributed by atoms with Crippen LogP contribution in [0.15, 0.2) is 28.7 Å². The van der Waals surface area contributed by atoms with E-state index in [2.05, 4.69) is 15.9 Å². The maximum Gasteiger partial charge on any atom is 0.227 e. The summed E-state index contributed by atoms with van der Waals surface area (Å²) in [5, 5.41) is 9.40. The Kier molecular flexibility index (Phi) is 4.18. The van der Waals surface area contributed by atoms with Crippen molar-refractivity contribution >= 4 is 21.8 Å². The molecule has 4 heteroatoms. The lowest BCUT2D eigenvalue weighted by Gasteiger charge is -2.29. The number of nitrogens with zero attached hydrogens (tertiary/aromatic N) is 1. The molecule has 1 aliphatic heterocycles. The molecular weight excluding hydrogens is 282 g/mol. The molecule has 2 rings (SSSR count). The number of carbonyl (C=O) groups excluding carboxylic acids is 1. The molecule has 0 spiro atoms. The van der Waals surface area contributed by atoms with Gasteiger partial charge in [0.2, 0.25) is 5.91 Å². The Morgan fingerprint density at radius 3 is 2.65 bits per heavy atom. The molecule has 1 aromatic rings. The maximum absolute atomic E-state index is 12.0. The third-order valence-corrected chi connectivity index (χ3v) is 3.89. The SMILES string of the molecule is O=C(Cc1ccccc1Br)N1CCC(O)CC1. The minimum Gasteiger partial charge on any atom is -0.393 e. The van der Waals surface area contributed by atoms with E-state index in [-0.39, 0.29) is 12.0 Å². The van der Waals surface area contributed by atoms with Gasteiger partial charge in [-0.3, -0.25) is 4.79 Å². The quantitative estimate of drug-likeness (QED) is 0.907. The van der Waals surface area contributed by atoms with Crippen molar-refractivity contribution in [2.24, 2.45) is 0 Å². The van der Waals surface area contributed by atoms with Gasteiger partial charge in [-0.1, -0.05) is 34.1 Å². The first-order valence-electron chi connectivity index (χ1n) is 5.86. The Morgan fingerprint density at radius 1 is 1.35 bits per heavy atom. The summed E-state index contributed by atoms with van der Waals surface area (Å²) < 4.78 is 0.977. The molecule has 1 N–H and O–H groups in total. The Bertz CT molecular complexity index is 400. The van der Waals surface area contributed by atoms with Gasteiger partial charge in [-0.05, 0) is 24.5 Å². The fraction of sp³-hybridized carbons (Fsp3) is 0.462. The molecule has 0 bridgehead atoms. The van der Waals surface area contributed by atoms with Gasteiger partial charge in [0.1, 0.15) is 0 Å². The second-order valence-corrected chi connectivity index (χ2v) is 5.23. The van der Waals surface area contributed by atoms with Crippen LogP contribution >= 0.6 is 15.9 Å². The zero-order chi connectivity index (χ0) is 12.3. The van der Waals surface area contributed by atoms with E-state index in [4.69, 9.17) is 0 Å². The molecule has 1 saturated heterocycles. The highest BCUT2D eigenvalue weighted by Crippen LogP contribution is 2.18. The highest BCUT2D eigenvalue weighted by atomic mass is 79.9. The molecule has 17 heavy (non-hydrogen) atoms. The van der Waals surface area contributed by atoms with Crippen LogP contribution in [-0.4, -0.2) is 35.1 Å². The molecule has 1 heterocycles. The van der Waals surface area contributed by atoms with Crippen LogP contribution in [0.1, 0.15) is 18.4 Å². The topological polar surface area (TPSA) is 40.5 Å². The first-order chi connectivity index (χ1) is 8.16. The number of piperidine rings is 1. The molecular formula is C13H16BrNO2. The second kappa shape index (κ2) is 5.65. The van der Waals surface area contributed by atoms with Crippen molar-refractivity contribution in [1.82, 2.24) is 4.90 Å². The predicted octanol–water partition coefficient (Wildman–Crippen LogP) is 1.97. The van der Waals surface area contributed by atoms with Gasteiger partial charge in [0, 0.05) is 17.6 Å². The monoisotopic (exact) mass is 297 g/mol. The van der Waals surface area contributed by atoms with Gasteiger partial charge in [-0.2, -0.15) is 0 Å². The second-order valence-electron chi connectivity index (χ2n) is 4.38. The third-order valence-electron chi connectivity index (χ3n) is 3.12. The fourth-order valence-electron chi connectivity index (χ4n) is 2.03. The summed E-state index contributed by atoms with van der Waals surface area (Å²) in [6.07, 6.45) is 1.59. The average molecular weight is 298 g/mol. The van der Waals surface area contributed by atoms with Gasteiger partial charge in [0.25, 0.3) is 0 Å². The van der Waals surface area contributed by atoms with Crippen molar-refractivity contribution in [2.45, 2.75) is 25.4 Å². The first-order valence-corrected chi connectivity index (χ1v) is 6.65. The van der Waals surface area contributed by atoms with Crippen LogP contribution in [0.4, 0.5) is 0 Å². The molecule has 92 valence electrons. The number of carbonyl (C=O) groups is 1. The summed E-state index contributed by atoms with van der Waals surface area (Å²) in [4.78, 5) is 13.9. The number of rotatable bonds is 2. The number of benzene rings is 1. The molecule has 1 fully saturated rings. The molecule has 0 aromatic heterocycles. The molecule has 1 amide bonds. The van der Waals surface area contributed by atoms with Gasteiger partial charge in [-0.25, -0.2) is 0 Å². The smallest absolute Gasteiger partial charge is 0.227 e. The minimum atomic E-state index is -0.234. The van der Waals surface area contributed by atoms with E-state index in [1.807, 2.05) is 29.2 Å². The Balaban J connectivity index is 1.95. The standard InChI is InChI=1S/C13H16BrNO2/c14-12-4-2-1-3-10(12)9-13(17)15-7-5-11(16)6-8-15/h1-4,11,16H,5-9H2. The normalized spacial score (nSPS) is 17.2. The van der Waals surface area contributed by atoms with Crippen LogP contribution in [0, 0.1) is 0 Å². The van der Waals surface area contributed by atoms with Gasteiger partial charge < -0.3 is 10.0 Å². The molecule has 0 aliphatic carbocycles. The van der Waals surface area contributed by atoms with Crippen LogP contribution in [0.5, 0.6) is 0 Å². The molecule has 1 aromatic carbocycles. The first kappa shape index (κ1) is 12.6. The van der Waals surface area contributed by atoms with Gasteiger partial charge in [0.15, 0.2) is 0 Å². The van der Waals surface area contributed by atoms with E-state index < -0.39 is 0 Å². The number of hydrogen-bond donors (Lipinski definition) is 1. The number of aliphatic hydroxyl groups excluding tert-OH is 1. The van der Waals surface area contributed by atoms with Gasteiger partial charge in [-0.15, -0.1) is 0 Å². The van der Waals surface area contributed by atoms with Crippen molar-refractivity contribution in [3.63, 3.8) is 0 Å². The number of hydrogen-bond acceptors (Lipinski definition) is 2. The Morgan fingerprint density at radius 2 is 2.00 bits per heavy atom. The lowest BCUT2D eigenvalue weighted by atomic mass is 10.1. The maximum atomic E-state index is 12.0. The highest BCUT2D eigenvalue weighted by molar-refractivity contribution is 9.10. The third kappa shape index (κ3) is 3.30. The lowest BCUT2D eigenvalue weighted by molar-refractivity contribution is -0.132.